The van der Waals surface area contributed by atoms with Crippen LogP contribution < -0.4 is 0 Å². The predicted molar refractivity (Wildman–Crippen MR) is 99.8 cm³/mol. The third kappa shape index (κ3) is 4.99. The zero-order chi connectivity index (χ0) is 17.0. The molecule has 124 valence electrons. The number of allylic oxidation sites excluding steroid dienone is 2. The van der Waals surface area contributed by atoms with Crippen LogP contribution in [-0.4, -0.2) is 34.9 Å². The Bertz CT molecular complexity index is 534. The van der Waals surface area contributed by atoms with E-state index in [9.17, 15) is 4.79 Å². The van der Waals surface area contributed by atoms with E-state index in [1.165, 1.54) is 5.56 Å². The van der Waals surface area contributed by atoms with Gasteiger partial charge in [-0.15, -0.1) is 0 Å². The van der Waals surface area contributed by atoms with E-state index in [4.69, 9.17) is 5.11 Å². The largest absolute Gasteiger partial charge is 0.392 e. The number of fused-ring (bicyclic) bond motifs is 1. The molecule has 0 aliphatic heterocycles. The molecule has 0 atom stereocenters. The number of benzene rings is 1. The number of rotatable bonds is 2. The third-order valence-electron chi connectivity index (χ3n) is 4.47. The van der Waals surface area contributed by atoms with Crippen LogP contribution in [0.15, 0.2) is 24.3 Å². The lowest BCUT2D eigenvalue weighted by molar-refractivity contribution is -0.104. The molecule has 0 bridgehead atoms. The first kappa shape index (κ1) is 19.0. The van der Waals surface area contributed by atoms with Crippen LogP contribution in [0.5, 0.6) is 0 Å². The van der Waals surface area contributed by atoms with Gasteiger partial charge in [-0.05, 0) is 70.8 Å². The van der Waals surface area contributed by atoms with Gasteiger partial charge in [0.1, 0.15) is 6.29 Å². The zero-order valence-corrected chi connectivity index (χ0v) is 15.6. The summed E-state index contributed by atoms with van der Waals surface area (Å²) < 4.78 is 0.521. The van der Waals surface area contributed by atoms with Crippen LogP contribution >= 0.6 is 10.0 Å². The van der Waals surface area contributed by atoms with Crippen molar-refractivity contribution in [1.82, 2.24) is 0 Å². The summed E-state index contributed by atoms with van der Waals surface area (Å²) >= 11 is 0. The number of aliphatic hydroxyl groups excluding tert-OH is 1. The maximum atomic E-state index is 10.4. The summed E-state index contributed by atoms with van der Waals surface area (Å²) in [6.45, 7) is 6.98. The summed E-state index contributed by atoms with van der Waals surface area (Å²) in [5.41, 5.74) is 4.40. The van der Waals surface area contributed by atoms with Gasteiger partial charge >= 0.3 is 0 Å². The van der Waals surface area contributed by atoms with Crippen LogP contribution in [-0.2, 0) is 17.8 Å². The lowest BCUT2D eigenvalue weighted by atomic mass is 10.0. The molecule has 0 fully saturated rings. The molecule has 0 radical (unpaired) electrons. The molecule has 1 aliphatic rings. The average Bonchev–Trinajstić information content (AvgIpc) is 2.80. The highest BCUT2D eigenvalue weighted by Crippen LogP contribution is 2.48. The fourth-order valence-corrected chi connectivity index (χ4v) is 1.90. The summed E-state index contributed by atoms with van der Waals surface area (Å²) in [7, 11) is -0.340. The lowest BCUT2D eigenvalue weighted by Gasteiger charge is -2.40. The Hall–Kier alpha value is -1.06. The van der Waals surface area contributed by atoms with Gasteiger partial charge in [0.05, 0.1) is 6.61 Å². The summed E-state index contributed by atoms with van der Waals surface area (Å²) in [6, 6.07) is 5.94. The SMILES string of the molecule is CC(C)(C)S(C)(C)C.O=C/C=C1\CCc2ccc(CO)cc21. The smallest absolute Gasteiger partial charge is 0.143 e. The van der Waals surface area contributed by atoms with Crippen LogP contribution in [0.1, 0.15) is 43.9 Å². The van der Waals surface area contributed by atoms with Crippen molar-refractivity contribution in [2.45, 2.75) is 45.0 Å². The first-order valence-electron chi connectivity index (χ1n) is 7.65. The van der Waals surface area contributed by atoms with Crippen molar-refractivity contribution in [3.8, 4) is 0 Å². The third-order valence-corrected chi connectivity index (χ3v) is 8.15. The molecule has 0 amide bonds. The molecule has 3 heteroatoms. The Morgan fingerprint density at radius 2 is 1.77 bits per heavy atom. The van der Waals surface area contributed by atoms with E-state index in [1.54, 1.807) is 6.08 Å². The molecule has 2 nitrogen and oxygen atoms in total. The molecule has 0 saturated heterocycles. The van der Waals surface area contributed by atoms with E-state index in [0.717, 1.165) is 35.8 Å². The number of aldehydes is 1. The Morgan fingerprint density at radius 3 is 2.23 bits per heavy atom. The summed E-state index contributed by atoms with van der Waals surface area (Å²) in [4.78, 5) is 10.4. The number of carbonyl (C=O) groups is 1. The van der Waals surface area contributed by atoms with Crippen LogP contribution in [0.25, 0.3) is 5.57 Å². The molecule has 0 unspecified atom stereocenters. The van der Waals surface area contributed by atoms with Gasteiger partial charge in [0, 0.05) is 0 Å². The molecule has 1 aromatic carbocycles. The van der Waals surface area contributed by atoms with E-state index in [0.29, 0.717) is 4.75 Å². The van der Waals surface area contributed by atoms with Crippen LogP contribution in [0.3, 0.4) is 0 Å². The van der Waals surface area contributed by atoms with E-state index >= 15 is 0 Å². The van der Waals surface area contributed by atoms with E-state index in [-0.39, 0.29) is 16.6 Å². The van der Waals surface area contributed by atoms with Gasteiger partial charge in [0.2, 0.25) is 0 Å². The minimum atomic E-state index is -0.340. The highest BCUT2D eigenvalue weighted by atomic mass is 32.3. The molecule has 1 N–H and O–H groups in total. The zero-order valence-electron chi connectivity index (χ0n) is 14.8. The normalized spacial score (nSPS) is 16.8. The molecular weight excluding hydrogens is 292 g/mol. The highest BCUT2D eigenvalue weighted by Gasteiger charge is 2.22. The molecular formula is C19H30O2S. The number of hydrogen-bond donors (Lipinski definition) is 1. The minimum absolute atomic E-state index is 0.0572. The van der Waals surface area contributed by atoms with Crippen molar-refractivity contribution in [2.24, 2.45) is 0 Å². The molecule has 22 heavy (non-hydrogen) atoms. The van der Waals surface area contributed by atoms with Gasteiger partial charge in [0.25, 0.3) is 0 Å². The van der Waals surface area contributed by atoms with Gasteiger partial charge in [-0.25, -0.2) is 10.0 Å². The Labute approximate surface area is 137 Å². The first-order valence-corrected chi connectivity index (χ1v) is 10.5. The fourth-order valence-electron chi connectivity index (χ4n) is 1.90. The van der Waals surface area contributed by atoms with E-state index < -0.39 is 0 Å². The maximum absolute atomic E-state index is 10.4. The first-order chi connectivity index (χ1) is 10.1. The second-order valence-corrected chi connectivity index (χ2v) is 12.3. The summed E-state index contributed by atoms with van der Waals surface area (Å²) in [6.07, 6.45) is 11.4. The van der Waals surface area contributed by atoms with Crippen molar-refractivity contribution < 1.29 is 9.90 Å². The van der Waals surface area contributed by atoms with Crippen molar-refractivity contribution in [2.75, 3.05) is 18.8 Å². The maximum Gasteiger partial charge on any atom is 0.143 e. The molecule has 2 rings (SSSR count). The molecule has 0 aromatic heterocycles. The Kier molecular flexibility index (Phi) is 6.45. The van der Waals surface area contributed by atoms with Gasteiger partial charge in [-0.3, -0.25) is 4.79 Å². The summed E-state index contributed by atoms with van der Waals surface area (Å²) in [5.74, 6) is 0. The van der Waals surface area contributed by atoms with Gasteiger partial charge < -0.3 is 5.11 Å². The van der Waals surface area contributed by atoms with Crippen LogP contribution in [0.2, 0.25) is 0 Å². The predicted octanol–water partition coefficient (Wildman–Crippen LogP) is 4.19. The van der Waals surface area contributed by atoms with Gasteiger partial charge in [0.15, 0.2) is 0 Å². The van der Waals surface area contributed by atoms with Crippen molar-refractivity contribution in [1.29, 1.82) is 0 Å². The van der Waals surface area contributed by atoms with Crippen molar-refractivity contribution >= 4 is 21.9 Å². The van der Waals surface area contributed by atoms with Crippen LogP contribution in [0.4, 0.5) is 0 Å². The molecule has 1 aromatic rings. The van der Waals surface area contributed by atoms with Crippen LogP contribution in [0, 0.1) is 0 Å². The number of hydrogen-bond acceptors (Lipinski definition) is 2. The molecule has 1 aliphatic carbocycles. The Balaban J connectivity index is 0.000000261. The molecule has 0 heterocycles. The van der Waals surface area contributed by atoms with Crippen molar-refractivity contribution in [3.63, 3.8) is 0 Å². The van der Waals surface area contributed by atoms with Gasteiger partial charge in [-0.1, -0.05) is 32.9 Å². The topological polar surface area (TPSA) is 37.3 Å². The number of aliphatic hydroxyl groups is 1. The summed E-state index contributed by atoms with van der Waals surface area (Å²) in [5, 5.41) is 9.00. The van der Waals surface area contributed by atoms with E-state index in [1.807, 2.05) is 18.2 Å². The second kappa shape index (κ2) is 7.47. The number of aryl methyl sites for hydroxylation is 1. The molecule has 0 saturated carbocycles. The lowest BCUT2D eigenvalue weighted by Crippen LogP contribution is -2.21. The quantitative estimate of drug-likeness (QED) is 0.655. The van der Waals surface area contributed by atoms with Crippen molar-refractivity contribution in [3.05, 3.63) is 41.0 Å². The second-order valence-electron chi connectivity index (χ2n) is 7.43. The fraction of sp³-hybridized carbons (Fsp3) is 0.526. The molecule has 0 spiro atoms. The minimum Gasteiger partial charge on any atom is -0.392 e. The number of carbonyl (C=O) groups excluding carboxylic acids is 1. The average molecular weight is 323 g/mol. The monoisotopic (exact) mass is 322 g/mol. The van der Waals surface area contributed by atoms with Gasteiger partial charge in [-0.2, -0.15) is 0 Å². The van der Waals surface area contributed by atoms with E-state index in [2.05, 4.69) is 39.5 Å². The highest BCUT2D eigenvalue weighted by molar-refractivity contribution is 8.33. The standard InChI is InChI=1S/C12H12O2.C7H18S/c13-6-5-11-4-3-10-2-1-9(8-14)7-12(10)11;1-7(2,3)8(4,5)6/h1-2,5-7,14H,3-4,8H2;1-6H3/b11-5+;. The Morgan fingerprint density at radius 1 is 1.18 bits per heavy atom.